The van der Waals surface area contributed by atoms with Crippen LogP contribution in [0.4, 0.5) is 5.69 Å². The minimum absolute atomic E-state index is 0.599. The third-order valence-corrected chi connectivity index (χ3v) is 3.18. The van der Waals surface area contributed by atoms with Crippen molar-refractivity contribution < 1.29 is 4.74 Å². The monoisotopic (exact) mass is 220 g/mol. The number of anilines is 1. The van der Waals surface area contributed by atoms with E-state index in [1.54, 1.807) is 0 Å². The first-order valence-corrected chi connectivity index (χ1v) is 5.88. The summed E-state index contributed by atoms with van der Waals surface area (Å²) in [4.78, 5) is 2.29. The molecule has 0 amide bonds. The highest BCUT2D eigenvalue weighted by atomic mass is 16.5. The molecule has 2 rings (SSSR count). The van der Waals surface area contributed by atoms with Crippen LogP contribution in [0.2, 0.25) is 0 Å². The first kappa shape index (κ1) is 11.4. The molecule has 0 radical (unpaired) electrons. The molecule has 1 aromatic carbocycles. The van der Waals surface area contributed by atoms with Gasteiger partial charge in [0.25, 0.3) is 0 Å². The van der Waals surface area contributed by atoms with Gasteiger partial charge in [0.2, 0.25) is 0 Å². The van der Waals surface area contributed by atoms with Crippen LogP contribution in [0.25, 0.3) is 0 Å². The summed E-state index contributed by atoms with van der Waals surface area (Å²) in [6.45, 7) is 3.46. The number of hydrogen-bond acceptors (Lipinski definition) is 3. The van der Waals surface area contributed by atoms with E-state index in [0.717, 1.165) is 19.8 Å². The van der Waals surface area contributed by atoms with E-state index < -0.39 is 0 Å². The second kappa shape index (κ2) is 5.32. The molecule has 3 nitrogen and oxygen atoms in total. The summed E-state index contributed by atoms with van der Waals surface area (Å²) in [6.07, 6.45) is 1.18. The summed E-state index contributed by atoms with van der Waals surface area (Å²) in [7, 11) is 2.13. The predicted molar refractivity (Wildman–Crippen MR) is 66.5 cm³/mol. The van der Waals surface area contributed by atoms with Crippen molar-refractivity contribution in [3.05, 3.63) is 29.8 Å². The fourth-order valence-electron chi connectivity index (χ4n) is 2.27. The van der Waals surface area contributed by atoms with Crippen molar-refractivity contribution >= 4 is 5.69 Å². The second-order valence-corrected chi connectivity index (χ2v) is 4.44. The zero-order valence-electron chi connectivity index (χ0n) is 9.86. The van der Waals surface area contributed by atoms with Crippen molar-refractivity contribution in [3.63, 3.8) is 0 Å². The average molecular weight is 220 g/mol. The summed E-state index contributed by atoms with van der Waals surface area (Å²) in [5.74, 6) is 0.663. The Morgan fingerprint density at radius 2 is 2.25 bits per heavy atom. The van der Waals surface area contributed by atoms with E-state index >= 15 is 0 Å². The molecule has 0 aliphatic carbocycles. The van der Waals surface area contributed by atoms with E-state index in [9.17, 15) is 0 Å². The molecule has 1 fully saturated rings. The predicted octanol–water partition coefficient (Wildman–Crippen LogP) is 1.62. The van der Waals surface area contributed by atoms with Crippen LogP contribution >= 0.6 is 0 Å². The summed E-state index contributed by atoms with van der Waals surface area (Å²) in [5.41, 5.74) is 8.20. The van der Waals surface area contributed by atoms with Crippen LogP contribution in [-0.4, -0.2) is 26.8 Å². The van der Waals surface area contributed by atoms with Gasteiger partial charge in [-0.25, -0.2) is 0 Å². The van der Waals surface area contributed by atoms with Crippen molar-refractivity contribution in [1.82, 2.24) is 0 Å². The Morgan fingerprint density at radius 1 is 1.44 bits per heavy atom. The maximum Gasteiger partial charge on any atom is 0.0512 e. The van der Waals surface area contributed by atoms with E-state index in [2.05, 4.69) is 30.1 Å². The van der Waals surface area contributed by atoms with Crippen LogP contribution in [0.1, 0.15) is 12.0 Å². The minimum atomic E-state index is 0.599. The lowest BCUT2D eigenvalue weighted by atomic mass is 10.1. The Balaban J connectivity index is 2.04. The van der Waals surface area contributed by atoms with Crippen molar-refractivity contribution in [1.29, 1.82) is 0 Å². The Morgan fingerprint density at radius 3 is 2.94 bits per heavy atom. The molecule has 0 spiro atoms. The Kier molecular flexibility index (Phi) is 3.80. The van der Waals surface area contributed by atoms with E-state index in [-0.39, 0.29) is 0 Å². The third kappa shape index (κ3) is 2.54. The van der Waals surface area contributed by atoms with Crippen LogP contribution in [0.3, 0.4) is 0 Å². The van der Waals surface area contributed by atoms with Gasteiger partial charge in [0.1, 0.15) is 0 Å². The average Bonchev–Trinajstić information content (AvgIpc) is 2.81. The van der Waals surface area contributed by atoms with Crippen molar-refractivity contribution in [2.24, 2.45) is 11.7 Å². The van der Waals surface area contributed by atoms with Crippen molar-refractivity contribution in [2.75, 3.05) is 31.7 Å². The zero-order valence-corrected chi connectivity index (χ0v) is 9.86. The highest BCUT2D eigenvalue weighted by Crippen LogP contribution is 2.21. The van der Waals surface area contributed by atoms with Crippen molar-refractivity contribution in [3.8, 4) is 0 Å². The molecule has 1 aromatic rings. The van der Waals surface area contributed by atoms with Crippen LogP contribution in [0, 0.1) is 5.92 Å². The molecule has 0 bridgehead atoms. The second-order valence-electron chi connectivity index (χ2n) is 4.44. The smallest absolute Gasteiger partial charge is 0.0512 e. The van der Waals surface area contributed by atoms with Gasteiger partial charge in [-0.2, -0.15) is 0 Å². The van der Waals surface area contributed by atoms with Gasteiger partial charge in [-0.05, 0) is 18.1 Å². The number of nitrogens with two attached hydrogens (primary N) is 1. The summed E-state index contributed by atoms with van der Waals surface area (Å²) >= 11 is 0. The Labute approximate surface area is 97.2 Å². The maximum absolute atomic E-state index is 5.75. The van der Waals surface area contributed by atoms with Gasteiger partial charge in [0.15, 0.2) is 0 Å². The summed E-state index contributed by atoms with van der Waals surface area (Å²) in [6, 6.07) is 8.34. The Bertz CT molecular complexity index is 334. The quantitative estimate of drug-likeness (QED) is 0.838. The highest BCUT2D eigenvalue weighted by Gasteiger charge is 2.18. The molecule has 3 heteroatoms. The molecule has 1 heterocycles. The fraction of sp³-hybridized carbons (Fsp3) is 0.538. The van der Waals surface area contributed by atoms with Gasteiger partial charge < -0.3 is 15.4 Å². The maximum atomic E-state index is 5.75. The van der Waals surface area contributed by atoms with Crippen LogP contribution in [-0.2, 0) is 11.3 Å². The summed E-state index contributed by atoms with van der Waals surface area (Å²) < 4.78 is 5.40. The fourth-order valence-corrected chi connectivity index (χ4v) is 2.27. The summed E-state index contributed by atoms with van der Waals surface area (Å²) in [5, 5.41) is 0. The van der Waals surface area contributed by atoms with Crippen LogP contribution in [0.5, 0.6) is 0 Å². The lowest BCUT2D eigenvalue weighted by Gasteiger charge is -2.24. The minimum Gasteiger partial charge on any atom is -0.381 e. The zero-order chi connectivity index (χ0) is 11.4. The lowest BCUT2D eigenvalue weighted by molar-refractivity contribution is 0.186. The number of rotatable bonds is 4. The van der Waals surface area contributed by atoms with E-state index in [0.29, 0.717) is 12.5 Å². The number of hydrogen-bond donors (Lipinski definition) is 1. The lowest BCUT2D eigenvalue weighted by Crippen LogP contribution is -2.26. The molecule has 1 atom stereocenters. The normalized spacial score (nSPS) is 20.0. The standard InChI is InChI=1S/C13H20N2O/c1-15(9-11-6-7-16-10-11)13-5-3-2-4-12(13)8-14/h2-5,11H,6-10,14H2,1H3. The molecule has 0 saturated carbocycles. The molecule has 16 heavy (non-hydrogen) atoms. The van der Waals surface area contributed by atoms with Gasteiger partial charge in [-0.3, -0.25) is 0 Å². The first-order valence-electron chi connectivity index (χ1n) is 5.88. The van der Waals surface area contributed by atoms with E-state index in [4.69, 9.17) is 10.5 Å². The van der Waals surface area contributed by atoms with Gasteiger partial charge in [-0.1, -0.05) is 18.2 Å². The first-order chi connectivity index (χ1) is 7.81. The molecular weight excluding hydrogens is 200 g/mol. The van der Waals surface area contributed by atoms with Crippen molar-refractivity contribution in [2.45, 2.75) is 13.0 Å². The number of benzene rings is 1. The molecule has 2 N–H and O–H groups in total. The van der Waals surface area contributed by atoms with Crippen LogP contribution in [0.15, 0.2) is 24.3 Å². The van der Waals surface area contributed by atoms with Gasteiger partial charge in [-0.15, -0.1) is 0 Å². The number of para-hydroxylation sites is 1. The SMILES string of the molecule is CN(CC1CCOC1)c1ccccc1CN. The molecule has 1 aliphatic rings. The molecule has 0 aromatic heterocycles. The van der Waals surface area contributed by atoms with Crippen LogP contribution < -0.4 is 10.6 Å². The van der Waals surface area contributed by atoms with E-state index in [1.807, 2.05) is 6.07 Å². The number of ether oxygens (including phenoxy) is 1. The molecule has 1 unspecified atom stereocenters. The molecule has 1 aliphatic heterocycles. The topological polar surface area (TPSA) is 38.5 Å². The molecule has 1 saturated heterocycles. The van der Waals surface area contributed by atoms with Gasteiger partial charge in [0.05, 0.1) is 6.61 Å². The van der Waals surface area contributed by atoms with Gasteiger partial charge >= 0.3 is 0 Å². The highest BCUT2D eigenvalue weighted by molar-refractivity contribution is 5.53. The Hall–Kier alpha value is -1.06. The van der Waals surface area contributed by atoms with Gasteiger partial charge in [0, 0.05) is 38.3 Å². The van der Waals surface area contributed by atoms with E-state index in [1.165, 1.54) is 17.7 Å². The molecular formula is C13H20N2O. The molecule has 88 valence electrons. The largest absolute Gasteiger partial charge is 0.381 e. The third-order valence-electron chi connectivity index (χ3n) is 3.18. The number of nitrogens with zero attached hydrogens (tertiary/aromatic N) is 1.